The number of nitrogens with zero attached hydrogens (tertiary/aromatic N) is 1. The summed E-state index contributed by atoms with van der Waals surface area (Å²) >= 11 is 0. The van der Waals surface area contributed by atoms with Crippen molar-refractivity contribution in [1.82, 2.24) is 0 Å². The molecule has 2 aliphatic rings. The van der Waals surface area contributed by atoms with Crippen LogP contribution in [-0.4, -0.2) is 24.6 Å². The van der Waals surface area contributed by atoms with Crippen LogP contribution in [0.25, 0.3) is 0 Å². The van der Waals surface area contributed by atoms with Gasteiger partial charge >= 0.3 is 0 Å². The van der Waals surface area contributed by atoms with Gasteiger partial charge < -0.3 is 14.8 Å². The number of hydrogen-bond acceptors (Lipinski definition) is 4. The average Bonchev–Trinajstić information content (AvgIpc) is 3.21. The quantitative estimate of drug-likeness (QED) is 0.931. The fourth-order valence-electron chi connectivity index (χ4n) is 3.06. The van der Waals surface area contributed by atoms with Crippen molar-refractivity contribution >= 4 is 23.2 Å². The Morgan fingerprint density at radius 2 is 1.88 bits per heavy atom. The average molecular weight is 342 g/mol. The number of amides is 2. The van der Waals surface area contributed by atoms with Gasteiger partial charge in [0.1, 0.15) is 11.9 Å². The highest BCUT2D eigenvalue weighted by atomic mass is 19.1. The van der Waals surface area contributed by atoms with E-state index in [0.717, 1.165) is 0 Å². The van der Waals surface area contributed by atoms with Crippen molar-refractivity contribution in [2.24, 2.45) is 0 Å². The van der Waals surface area contributed by atoms with Gasteiger partial charge in [-0.25, -0.2) is 4.39 Å². The fourth-order valence-corrected chi connectivity index (χ4v) is 3.06. The second-order valence-corrected chi connectivity index (χ2v) is 5.85. The lowest BCUT2D eigenvalue weighted by molar-refractivity contribution is -0.120. The first-order valence-electron chi connectivity index (χ1n) is 7.90. The molecule has 1 saturated heterocycles. The third-order valence-corrected chi connectivity index (χ3v) is 4.26. The molecule has 2 amide bonds. The van der Waals surface area contributed by atoms with E-state index in [9.17, 15) is 14.0 Å². The molecule has 1 unspecified atom stereocenters. The molecule has 0 spiro atoms. The van der Waals surface area contributed by atoms with E-state index in [-0.39, 0.29) is 25.0 Å². The molecule has 2 heterocycles. The van der Waals surface area contributed by atoms with Crippen LogP contribution >= 0.6 is 0 Å². The van der Waals surface area contributed by atoms with Crippen molar-refractivity contribution < 1.29 is 23.5 Å². The molecule has 25 heavy (non-hydrogen) atoms. The second-order valence-electron chi connectivity index (χ2n) is 5.85. The number of nitrogens with one attached hydrogen (secondary N) is 1. The maximum Gasteiger partial charge on any atom is 0.247 e. The number of benzene rings is 2. The Morgan fingerprint density at radius 3 is 2.68 bits per heavy atom. The molecule has 0 bridgehead atoms. The molecular formula is C18H15FN2O4. The van der Waals surface area contributed by atoms with Crippen molar-refractivity contribution in [3.63, 3.8) is 0 Å². The molecule has 7 heteroatoms. The van der Waals surface area contributed by atoms with Gasteiger partial charge in [-0.1, -0.05) is 0 Å². The molecule has 4 rings (SSSR count). The van der Waals surface area contributed by atoms with Gasteiger partial charge in [0.2, 0.25) is 18.6 Å². The SMILES string of the molecule is O=C(Nc1ccc2c(c1)OCO2)C1CCC(=O)N1c1ccc(F)cc1. The van der Waals surface area contributed by atoms with Crippen LogP contribution in [0.2, 0.25) is 0 Å². The smallest absolute Gasteiger partial charge is 0.247 e. The normalized spacial score (nSPS) is 18.5. The maximum absolute atomic E-state index is 13.1. The summed E-state index contributed by atoms with van der Waals surface area (Å²) in [7, 11) is 0. The summed E-state index contributed by atoms with van der Waals surface area (Å²) in [6, 6.07) is 10.0. The Labute approximate surface area is 143 Å². The number of ether oxygens (including phenoxy) is 2. The molecule has 2 aromatic rings. The van der Waals surface area contributed by atoms with E-state index >= 15 is 0 Å². The minimum absolute atomic E-state index is 0.155. The molecule has 1 fully saturated rings. The van der Waals surface area contributed by atoms with Gasteiger partial charge in [0.15, 0.2) is 11.5 Å². The largest absolute Gasteiger partial charge is 0.454 e. The van der Waals surface area contributed by atoms with Crippen molar-refractivity contribution in [3.05, 3.63) is 48.3 Å². The highest BCUT2D eigenvalue weighted by molar-refractivity contribution is 6.07. The van der Waals surface area contributed by atoms with Crippen LogP contribution < -0.4 is 19.7 Å². The summed E-state index contributed by atoms with van der Waals surface area (Å²) < 4.78 is 23.6. The van der Waals surface area contributed by atoms with Crippen molar-refractivity contribution in [2.75, 3.05) is 17.0 Å². The first-order valence-corrected chi connectivity index (χ1v) is 7.90. The molecule has 1 atom stereocenters. The predicted octanol–water partition coefficient (Wildman–Crippen LogP) is 2.69. The van der Waals surface area contributed by atoms with Crippen molar-refractivity contribution in [2.45, 2.75) is 18.9 Å². The minimum Gasteiger partial charge on any atom is -0.454 e. The van der Waals surface area contributed by atoms with Gasteiger partial charge in [-0.05, 0) is 42.8 Å². The molecule has 0 radical (unpaired) electrons. The summed E-state index contributed by atoms with van der Waals surface area (Å²) in [5, 5.41) is 2.80. The Bertz CT molecular complexity index is 837. The molecule has 0 saturated carbocycles. The van der Waals surface area contributed by atoms with E-state index in [1.165, 1.54) is 29.2 Å². The topological polar surface area (TPSA) is 67.9 Å². The number of carbonyl (C=O) groups excluding carboxylic acids is 2. The number of halogens is 1. The highest BCUT2D eigenvalue weighted by Gasteiger charge is 2.37. The molecule has 0 aliphatic carbocycles. The van der Waals surface area contributed by atoms with E-state index in [1.807, 2.05) is 0 Å². The van der Waals surface area contributed by atoms with Crippen LogP contribution in [0.4, 0.5) is 15.8 Å². The monoisotopic (exact) mass is 342 g/mol. The minimum atomic E-state index is -0.636. The van der Waals surface area contributed by atoms with Crippen LogP contribution in [0.5, 0.6) is 11.5 Å². The van der Waals surface area contributed by atoms with E-state index in [2.05, 4.69) is 5.32 Å². The Balaban J connectivity index is 1.54. The number of anilines is 2. The zero-order valence-corrected chi connectivity index (χ0v) is 13.2. The molecule has 2 aromatic carbocycles. The first-order chi connectivity index (χ1) is 12.1. The molecule has 6 nitrogen and oxygen atoms in total. The van der Waals surface area contributed by atoms with E-state index in [4.69, 9.17) is 9.47 Å². The first kappa shape index (κ1) is 15.4. The molecule has 1 N–H and O–H groups in total. The number of carbonyl (C=O) groups is 2. The summed E-state index contributed by atoms with van der Waals surface area (Å²) in [4.78, 5) is 26.3. The van der Waals surface area contributed by atoms with E-state index in [0.29, 0.717) is 29.3 Å². The van der Waals surface area contributed by atoms with Crippen LogP contribution in [0.1, 0.15) is 12.8 Å². The Kier molecular flexibility index (Phi) is 3.76. The Hall–Kier alpha value is -3.09. The predicted molar refractivity (Wildman–Crippen MR) is 88.1 cm³/mol. The van der Waals surface area contributed by atoms with Crippen LogP contribution in [0.15, 0.2) is 42.5 Å². The maximum atomic E-state index is 13.1. The summed E-state index contributed by atoms with van der Waals surface area (Å²) in [5.74, 6) is 0.348. The molecule has 0 aromatic heterocycles. The lowest BCUT2D eigenvalue weighted by Gasteiger charge is -2.24. The summed E-state index contributed by atoms with van der Waals surface area (Å²) in [5.41, 5.74) is 1.07. The summed E-state index contributed by atoms with van der Waals surface area (Å²) in [6.45, 7) is 0.155. The highest BCUT2D eigenvalue weighted by Crippen LogP contribution is 2.34. The fraction of sp³-hybridized carbons (Fsp3) is 0.222. The third-order valence-electron chi connectivity index (χ3n) is 4.26. The van der Waals surface area contributed by atoms with Gasteiger partial charge in [0, 0.05) is 23.9 Å². The van der Waals surface area contributed by atoms with Gasteiger partial charge in [0.05, 0.1) is 0 Å². The van der Waals surface area contributed by atoms with Gasteiger partial charge in [-0.2, -0.15) is 0 Å². The number of fused-ring (bicyclic) bond motifs is 1. The summed E-state index contributed by atoms with van der Waals surface area (Å²) in [6.07, 6.45) is 0.684. The van der Waals surface area contributed by atoms with Crippen LogP contribution in [-0.2, 0) is 9.59 Å². The van der Waals surface area contributed by atoms with Crippen LogP contribution in [0, 0.1) is 5.82 Å². The lowest BCUT2D eigenvalue weighted by Crippen LogP contribution is -2.41. The van der Waals surface area contributed by atoms with Crippen LogP contribution in [0.3, 0.4) is 0 Å². The zero-order valence-electron chi connectivity index (χ0n) is 13.2. The van der Waals surface area contributed by atoms with E-state index < -0.39 is 11.9 Å². The number of hydrogen-bond donors (Lipinski definition) is 1. The molecule has 2 aliphatic heterocycles. The van der Waals surface area contributed by atoms with Crippen molar-refractivity contribution in [1.29, 1.82) is 0 Å². The lowest BCUT2D eigenvalue weighted by atomic mass is 10.1. The van der Waals surface area contributed by atoms with Crippen molar-refractivity contribution in [3.8, 4) is 11.5 Å². The Morgan fingerprint density at radius 1 is 1.12 bits per heavy atom. The molecular weight excluding hydrogens is 327 g/mol. The van der Waals surface area contributed by atoms with E-state index in [1.54, 1.807) is 18.2 Å². The third kappa shape index (κ3) is 2.88. The van der Waals surface area contributed by atoms with Gasteiger partial charge in [-0.3, -0.25) is 14.5 Å². The van der Waals surface area contributed by atoms with Gasteiger partial charge in [0.25, 0.3) is 0 Å². The van der Waals surface area contributed by atoms with Gasteiger partial charge in [-0.15, -0.1) is 0 Å². The zero-order chi connectivity index (χ0) is 17.4. The molecule has 128 valence electrons. The second kappa shape index (κ2) is 6.08. The standard InChI is InChI=1S/C18H15FN2O4/c19-11-1-4-13(5-2-11)21-14(6-8-17(21)22)18(23)20-12-3-7-15-16(9-12)25-10-24-15/h1-5,7,9,14H,6,8,10H2,(H,20,23). The number of rotatable bonds is 3.